The van der Waals surface area contributed by atoms with Crippen molar-refractivity contribution in [3.8, 4) is 5.75 Å². The van der Waals surface area contributed by atoms with E-state index in [0.29, 0.717) is 10.0 Å². The van der Waals surface area contributed by atoms with Crippen molar-refractivity contribution in [2.75, 3.05) is 12.4 Å². The maximum Gasteiger partial charge on any atom is 0.341 e. The number of hydrogen-bond acceptors (Lipinski definition) is 4. The number of aromatic hydroxyl groups is 1. The van der Waals surface area contributed by atoms with Gasteiger partial charge in [-0.2, -0.15) is 0 Å². The summed E-state index contributed by atoms with van der Waals surface area (Å²) in [4.78, 5) is 23.7. The number of methoxy groups -OCH3 is 1. The lowest BCUT2D eigenvalue weighted by molar-refractivity contribution is 0.0597. The molecule has 0 unspecified atom stereocenters. The number of carbonyl (C=O) groups excluding carboxylic acids is 2. The molecule has 0 saturated carbocycles. The highest BCUT2D eigenvalue weighted by Crippen LogP contribution is 2.29. The Morgan fingerprint density at radius 1 is 1.14 bits per heavy atom. The van der Waals surface area contributed by atoms with E-state index in [1.54, 1.807) is 0 Å². The summed E-state index contributed by atoms with van der Waals surface area (Å²) in [6.07, 6.45) is 0. The van der Waals surface area contributed by atoms with Gasteiger partial charge in [0, 0.05) is 15.6 Å². The Kier molecular flexibility index (Phi) is 4.90. The van der Waals surface area contributed by atoms with E-state index in [1.807, 2.05) is 0 Å². The van der Waals surface area contributed by atoms with Gasteiger partial charge in [-0.3, -0.25) is 4.79 Å². The number of para-hydroxylation sites is 1. The fourth-order valence-electron chi connectivity index (χ4n) is 1.80. The van der Waals surface area contributed by atoms with Crippen LogP contribution >= 0.6 is 23.2 Å². The maximum atomic E-state index is 12.2. The highest BCUT2D eigenvalue weighted by Gasteiger charge is 2.17. The summed E-state index contributed by atoms with van der Waals surface area (Å²) in [6.45, 7) is 0. The summed E-state index contributed by atoms with van der Waals surface area (Å²) in [5.74, 6) is -1.61. The van der Waals surface area contributed by atoms with Crippen LogP contribution in [0.2, 0.25) is 10.0 Å². The van der Waals surface area contributed by atoms with Crippen LogP contribution in [0.5, 0.6) is 5.75 Å². The molecule has 2 N–H and O–H groups in total. The number of amides is 1. The Hall–Kier alpha value is -2.24. The molecule has 7 heteroatoms. The first-order chi connectivity index (χ1) is 10.4. The normalized spacial score (nSPS) is 10.1. The molecule has 0 spiro atoms. The molecule has 0 atom stereocenters. The average Bonchev–Trinajstić information content (AvgIpc) is 2.47. The number of phenols is 1. The van der Waals surface area contributed by atoms with Crippen molar-refractivity contribution in [2.45, 2.75) is 0 Å². The van der Waals surface area contributed by atoms with Gasteiger partial charge in [-0.1, -0.05) is 29.3 Å². The van der Waals surface area contributed by atoms with Crippen LogP contribution in [-0.2, 0) is 4.74 Å². The van der Waals surface area contributed by atoms with Gasteiger partial charge in [0.15, 0.2) is 5.75 Å². The van der Waals surface area contributed by atoms with Gasteiger partial charge in [0.2, 0.25) is 0 Å². The first-order valence-corrected chi connectivity index (χ1v) is 6.85. The number of ether oxygens (including phenoxy) is 1. The van der Waals surface area contributed by atoms with Crippen molar-refractivity contribution in [2.24, 2.45) is 0 Å². The maximum absolute atomic E-state index is 12.2. The molecule has 0 bridgehead atoms. The predicted octanol–water partition coefficient (Wildman–Crippen LogP) is 3.74. The van der Waals surface area contributed by atoms with Crippen LogP contribution < -0.4 is 5.32 Å². The lowest BCUT2D eigenvalue weighted by Gasteiger charge is -2.10. The monoisotopic (exact) mass is 339 g/mol. The molecule has 0 aliphatic rings. The van der Waals surface area contributed by atoms with Crippen LogP contribution in [0.25, 0.3) is 0 Å². The number of benzene rings is 2. The fraction of sp³-hybridized carbons (Fsp3) is 0.0667. The van der Waals surface area contributed by atoms with Gasteiger partial charge >= 0.3 is 5.97 Å². The molecule has 0 aromatic heterocycles. The van der Waals surface area contributed by atoms with Gasteiger partial charge in [0.05, 0.1) is 12.8 Å². The highest BCUT2D eigenvalue weighted by molar-refractivity contribution is 6.35. The van der Waals surface area contributed by atoms with E-state index in [1.165, 1.54) is 43.5 Å². The molecule has 0 fully saturated rings. The largest absolute Gasteiger partial charge is 0.505 e. The predicted molar refractivity (Wildman–Crippen MR) is 83.9 cm³/mol. The van der Waals surface area contributed by atoms with Crippen molar-refractivity contribution < 1.29 is 19.4 Å². The molecule has 2 rings (SSSR count). The van der Waals surface area contributed by atoms with Crippen LogP contribution in [-0.4, -0.2) is 24.1 Å². The topological polar surface area (TPSA) is 75.6 Å². The molecule has 0 aliphatic heterocycles. The molecular weight excluding hydrogens is 329 g/mol. The van der Waals surface area contributed by atoms with E-state index >= 15 is 0 Å². The fourth-order valence-corrected chi connectivity index (χ4v) is 2.32. The average molecular weight is 340 g/mol. The van der Waals surface area contributed by atoms with E-state index in [2.05, 4.69) is 10.1 Å². The summed E-state index contributed by atoms with van der Waals surface area (Å²) >= 11 is 11.7. The van der Waals surface area contributed by atoms with E-state index in [-0.39, 0.29) is 22.6 Å². The molecular formula is C15H11Cl2NO4. The molecule has 0 radical (unpaired) electrons. The van der Waals surface area contributed by atoms with E-state index in [4.69, 9.17) is 23.2 Å². The smallest absolute Gasteiger partial charge is 0.341 e. The molecule has 114 valence electrons. The summed E-state index contributed by atoms with van der Waals surface area (Å²) in [6, 6.07) is 8.70. The minimum atomic E-state index is -0.709. The first kappa shape index (κ1) is 16.1. The number of esters is 1. The zero-order chi connectivity index (χ0) is 16.3. The number of halogens is 2. The standard InChI is InChI=1S/C15H11Cl2NO4/c1-22-15(21)11-3-2-4-12(13(11)19)18-14(20)8-5-9(16)7-10(17)6-8/h2-7,19H,1H3,(H,18,20). The van der Waals surface area contributed by atoms with Crippen molar-refractivity contribution in [1.29, 1.82) is 0 Å². The first-order valence-electron chi connectivity index (χ1n) is 6.10. The molecule has 2 aromatic rings. The molecule has 2 aromatic carbocycles. The van der Waals surface area contributed by atoms with Gasteiger partial charge in [-0.15, -0.1) is 0 Å². The third-order valence-electron chi connectivity index (χ3n) is 2.81. The minimum Gasteiger partial charge on any atom is -0.505 e. The second-order valence-corrected chi connectivity index (χ2v) is 5.18. The van der Waals surface area contributed by atoms with Gasteiger partial charge in [0.25, 0.3) is 5.91 Å². The SMILES string of the molecule is COC(=O)c1cccc(NC(=O)c2cc(Cl)cc(Cl)c2)c1O. The van der Waals surface area contributed by atoms with Gasteiger partial charge < -0.3 is 15.2 Å². The zero-order valence-corrected chi connectivity index (χ0v) is 12.9. The highest BCUT2D eigenvalue weighted by atomic mass is 35.5. The second kappa shape index (κ2) is 6.68. The third-order valence-corrected chi connectivity index (χ3v) is 3.25. The number of anilines is 1. The van der Waals surface area contributed by atoms with E-state index < -0.39 is 11.9 Å². The van der Waals surface area contributed by atoms with E-state index in [9.17, 15) is 14.7 Å². The molecule has 0 saturated heterocycles. The summed E-state index contributed by atoms with van der Waals surface area (Å²) in [7, 11) is 1.20. The summed E-state index contributed by atoms with van der Waals surface area (Å²) < 4.78 is 4.55. The van der Waals surface area contributed by atoms with Gasteiger partial charge in [-0.25, -0.2) is 4.79 Å². The third kappa shape index (κ3) is 3.50. The van der Waals surface area contributed by atoms with Gasteiger partial charge in [-0.05, 0) is 30.3 Å². The summed E-state index contributed by atoms with van der Waals surface area (Å²) in [5.41, 5.74) is 0.244. The molecule has 22 heavy (non-hydrogen) atoms. The lowest BCUT2D eigenvalue weighted by atomic mass is 10.1. The molecule has 0 heterocycles. The van der Waals surface area contributed by atoms with Crippen LogP contribution in [0.3, 0.4) is 0 Å². The Labute approximate surface area is 136 Å². The zero-order valence-electron chi connectivity index (χ0n) is 11.4. The number of nitrogens with one attached hydrogen (secondary N) is 1. The van der Waals surface area contributed by atoms with Crippen LogP contribution in [0.1, 0.15) is 20.7 Å². The van der Waals surface area contributed by atoms with Crippen LogP contribution in [0.4, 0.5) is 5.69 Å². The van der Waals surface area contributed by atoms with Crippen LogP contribution in [0, 0.1) is 0 Å². The second-order valence-electron chi connectivity index (χ2n) is 4.31. The minimum absolute atomic E-state index is 0.0515. The summed E-state index contributed by atoms with van der Waals surface area (Å²) in [5, 5.41) is 13.1. The Bertz CT molecular complexity index is 726. The Morgan fingerprint density at radius 2 is 1.77 bits per heavy atom. The lowest BCUT2D eigenvalue weighted by Crippen LogP contribution is -2.13. The molecule has 5 nitrogen and oxygen atoms in total. The van der Waals surface area contributed by atoms with Crippen molar-refractivity contribution in [1.82, 2.24) is 0 Å². The number of phenolic OH excluding ortho intramolecular Hbond substituents is 1. The molecule has 0 aliphatic carbocycles. The van der Waals surface area contributed by atoms with Crippen molar-refractivity contribution in [3.63, 3.8) is 0 Å². The van der Waals surface area contributed by atoms with Crippen molar-refractivity contribution in [3.05, 3.63) is 57.6 Å². The van der Waals surface area contributed by atoms with E-state index in [0.717, 1.165) is 0 Å². The number of hydrogen-bond donors (Lipinski definition) is 2. The number of carbonyl (C=O) groups is 2. The molecule has 1 amide bonds. The van der Waals surface area contributed by atoms with Crippen molar-refractivity contribution >= 4 is 40.8 Å². The van der Waals surface area contributed by atoms with Gasteiger partial charge in [0.1, 0.15) is 5.56 Å². The van der Waals surface area contributed by atoms with Crippen LogP contribution in [0.15, 0.2) is 36.4 Å². The quantitative estimate of drug-likeness (QED) is 0.659. The Morgan fingerprint density at radius 3 is 2.36 bits per heavy atom. The number of rotatable bonds is 3. The Balaban J connectivity index is 2.31.